The van der Waals surface area contributed by atoms with Crippen molar-refractivity contribution in [3.05, 3.63) is 34.3 Å². The third-order valence-corrected chi connectivity index (χ3v) is 3.70. The van der Waals surface area contributed by atoms with Gasteiger partial charge in [0.05, 0.1) is 12.5 Å². The van der Waals surface area contributed by atoms with Gasteiger partial charge in [0.15, 0.2) is 0 Å². The Morgan fingerprint density at radius 1 is 1.35 bits per heavy atom. The molecule has 0 bridgehead atoms. The second kappa shape index (κ2) is 9.44. The summed E-state index contributed by atoms with van der Waals surface area (Å²) in [7, 11) is 0. The van der Waals surface area contributed by atoms with Gasteiger partial charge in [0.25, 0.3) is 0 Å². The molecule has 0 amide bonds. The van der Waals surface area contributed by atoms with E-state index < -0.39 is 0 Å². The summed E-state index contributed by atoms with van der Waals surface area (Å²) in [4.78, 5) is 2.38. The molecule has 1 aromatic rings. The standard InChI is InChI=1S/C14H18ClN3.2ClH/c1-11-10-12(15)2-3-13(11)14(4-5-16)18-8-6-17-7-9-18;;/h2-3,10,14,17H,4,6-9H2,1H3;2*1H/t14-;;/m0../s1. The number of benzene rings is 1. The fourth-order valence-corrected chi connectivity index (χ4v) is 2.76. The molecule has 0 radical (unpaired) electrons. The van der Waals surface area contributed by atoms with E-state index in [1.54, 1.807) is 0 Å². The number of hydrogen-bond acceptors (Lipinski definition) is 3. The average molecular weight is 337 g/mol. The van der Waals surface area contributed by atoms with Crippen LogP contribution in [-0.4, -0.2) is 31.1 Å². The van der Waals surface area contributed by atoms with E-state index in [0.717, 1.165) is 31.2 Å². The summed E-state index contributed by atoms with van der Waals surface area (Å²) in [6, 6.07) is 8.45. The molecule has 112 valence electrons. The van der Waals surface area contributed by atoms with Gasteiger partial charge in [0.2, 0.25) is 0 Å². The van der Waals surface area contributed by atoms with Gasteiger partial charge < -0.3 is 5.32 Å². The minimum Gasteiger partial charge on any atom is -0.314 e. The van der Waals surface area contributed by atoms with E-state index in [1.807, 2.05) is 12.1 Å². The first-order chi connectivity index (χ1) is 8.72. The number of nitriles is 1. The Bertz CT molecular complexity index is 453. The molecule has 2 rings (SSSR count). The number of nitrogens with zero attached hydrogens (tertiary/aromatic N) is 2. The van der Waals surface area contributed by atoms with Crippen LogP contribution in [0, 0.1) is 18.3 Å². The molecule has 1 aliphatic rings. The van der Waals surface area contributed by atoms with Crippen molar-refractivity contribution < 1.29 is 0 Å². The molecule has 0 unspecified atom stereocenters. The van der Waals surface area contributed by atoms with Gasteiger partial charge in [0.1, 0.15) is 0 Å². The van der Waals surface area contributed by atoms with E-state index in [9.17, 15) is 0 Å². The highest BCUT2D eigenvalue weighted by Crippen LogP contribution is 2.28. The van der Waals surface area contributed by atoms with Gasteiger partial charge in [0, 0.05) is 37.2 Å². The predicted octanol–water partition coefficient (Wildman–Crippen LogP) is 3.35. The second-order valence-corrected chi connectivity index (χ2v) is 5.10. The first-order valence-corrected chi connectivity index (χ1v) is 6.68. The Morgan fingerprint density at radius 2 is 2.00 bits per heavy atom. The highest BCUT2D eigenvalue weighted by Gasteiger charge is 2.23. The van der Waals surface area contributed by atoms with E-state index in [4.69, 9.17) is 16.9 Å². The fourth-order valence-electron chi connectivity index (χ4n) is 2.53. The quantitative estimate of drug-likeness (QED) is 0.920. The van der Waals surface area contributed by atoms with Crippen molar-refractivity contribution in [2.75, 3.05) is 26.2 Å². The van der Waals surface area contributed by atoms with Crippen molar-refractivity contribution >= 4 is 36.4 Å². The lowest BCUT2D eigenvalue weighted by molar-refractivity contribution is 0.175. The number of piperazine rings is 1. The number of rotatable bonds is 3. The molecule has 0 spiro atoms. The SMILES string of the molecule is Cc1cc(Cl)ccc1[C@H](CC#N)N1CCNCC1.Cl.Cl. The Morgan fingerprint density at radius 3 is 2.55 bits per heavy atom. The molecule has 6 heteroatoms. The highest BCUT2D eigenvalue weighted by molar-refractivity contribution is 6.30. The van der Waals surface area contributed by atoms with Crippen molar-refractivity contribution in [1.29, 1.82) is 5.26 Å². The van der Waals surface area contributed by atoms with Crippen LogP contribution in [0.2, 0.25) is 5.02 Å². The summed E-state index contributed by atoms with van der Waals surface area (Å²) in [5.41, 5.74) is 2.39. The second-order valence-electron chi connectivity index (χ2n) is 4.66. The molecule has 1 heterocycles. The molecule has 1 aliphatic heterocycles. The van der Waals surface area contributed by atoms with E-state index in [2.05, 4.69) is 29.3 Å². The third kappa shape index (κ3) is 4.80. The van der Waals surface area contributed by atoms with Crippen molar-refractivity contribution in [2.45, 2.75) is 19.4 Å². The summed E-state index contributed by atoms with van der Waals surface area (Å²) in [6.45, 7) is 6.04. The lowest BCUT2D eigenvalue weighted by Crippen LogP contribution is -2.45. The Hall–Kier alpha value is -0.500. The zero-order valence-electron chi connectivity index (χ0n) is 11.4. The molecular formula is C14H20Cl3N3. The normalized spacial score (nSPS) is 16.4. The largest absolute Gasteiger partial charge is 0.314 e. The van der Waals surface area contributed by atoms with Gasteiger partial charge in [-0.15, -0.1) is 24.8 Å². The van der Waals surface area contributed by atoms with Crippen molar-refractivity contribution in [3.8, 4) is 6.07 Å². The summed E-state index contributed by atoms with van der Waals surface area (Å²) in [5, 5.41) is 13.2. The summed E-state index contributed by atoms with van der Waals surface area (Å²) >= 11 is 6.00. The molecule has 0 saturated carbocycles. The van der Waals surface area contributed by atoms with Gasteiger partial charge in [-0.1, -0.05) is 17.7 Å². The zero-order chi connectivity index (χ0) is 13.0. The minimum atomic E-state index is 0. The summed E-state index contributed by atoms with van der Waals surface area (Å²) in [5.74, 6) is 0. The van der Waals surface area contributed by atoms with Crippen LogP contribution in [0.15, 0.2) is 18.2 Å². The van der Waals surface area contributed by atoms with Gasteiger partial charge in [-0.3, -0.25) is 4.90 Å². The van der Waals surface area contributed by atoms with Crippen LogP contribution in [0.25, 0.3) is 0 Å². The molecule has 0 aliphatic carbocycles. The van der Waals surface area contributed by atoms with Crippen LogP contribution >= 0.6 is 36.4 Å². The fraction of sp³-hybridized carbons (Fsp3) is 0.500. The van der Waals surface area contributed by atoms with Crippen LogP contribution in [0.3, 0.4) is 0 Å². The number of hydrogen-bond donors (Lipinski definition) is 1. The van der Waals surface area contributed by atoms with E-state index in [1.165, 1.54) is 11.1 Å². The number of nitrogens with one attached hydrogen (secondary N) is 1. The Labute approximate surface area is 138 Å². The van der Waals surface area contributed by atoms with Gasteiger partial charge in [-0.25, -0.2) is 0 Å². The smallest absolute Gasteiger partial charge is 0.0641 e. The third-order valence-electron chi connectivity index (χ3n) is 3.47. The Kier molecular flexibility index (Phi) is 9.20. The van der Waals surface area contributed by atoms with E-state index >= 15 is 0 Å². The molecule has 1 saturated heterocycles. The summed E-state index contributed by atoms with van der Waals surface area (Å²) in [6.07, 6.45) is 0.530. The molecule has 20 heavy (non-hydrogen) atoms. The van der Waals surface area contributed by atoms with Crippen molar-refractivity contribution in [3.63, 3.8) is 0 Å². The topological polar surface area (TPSA) is 39.1 Å². The van der Waals surface area contributed by atoms with Crippen LogP contribution in [0.4, 0.5) is 0 Å². The van der Waals surface area contributed by atoms with Crippen LogP contribution in [-0.2, 0) is 0 Å². The maximum absolute atomic E-state index is 9.06. The van der Waals surface area contributed by atoms with Gasteiger partial charge in [-0.05, 0) is 30.2 Å². The first kappa shape index (κ1) is 19.5. The predicted molar refractivity (Wildman–Crippen MR) is 88.1 cm³/mol. The van der Waals surface area contributed by atoms with Gasteiger partial charge >= 0.3 is 0 Å². The van der Waals surface area contributed by atoms with E-state index in [0.29, 0.717) is 6.42 Å². The monoisotopic (exact) mass is 335 g/mol. The molecule has 1 aromatic carbocycles. The maximum Gasteiger partial charge on any atom is 0.0641 e. The Balaban J connectivity index is 0.00000180. The van der Waals surface area contributed by atoms with Gasteiger partial charge in [-0.2, -0.15) is 5.26 Å². The lowest BCUT2D eigenvalue weighted by atomic mass is 9.97. The number of halogens is 3. The van der Waals surface area contributed by atoms with Crippen LogP contribution in [0.5, 0.6) is 0 Å². The van der Waals surface area contributed by atoms with Crippen LogP contribution in [0.1, 0.15) is 23.6 Å². The average Bonchev–Trinajstić information content (AvgIpc) is 2.38. The molecule has 1 atom stereocenters. The van der Waals surface area contributed by atoms with Crippen molar-refractivity contribution in [2.24, 2.45) is 0 Å². The highest BCUT2D eigenvalue weighted by atomic mass is 35.5. The maximum atomic E-state index is 9.06. The molecular weight excluding hydrogens is 317 g/mol. The minimum absolute atomic E-state index is 0. The molecule has 3 nitrogen and oxygen atoms in total. The molecule has 1 fully saturated rings. The van der Waals surface area contributed by atoms with Crippen molar-refractivity contribution in [1.82, 2.24) is 10.2 Å². The van der Waals surface area contributed by atoms with Crippen LogP contribution < -0.4 is 5.32 Å². The van der Waals surface area contributed by atoms with E-state index in [-0.39, 0.29) is 30.9 Å². The molecule has 1 N–H and O–H groups in total. The zero-order valence-corrected chi connectivity index (χ0v) is 13.8. The summed E-state index contributed by atoms with van der Waals surface area (Å²) < 4.78 is 0. The number of aryl methyl sites for hydroxylation is 1. The first-order valence-electron chi connectivity index (χ1n) is 6.30. The molecule has 0 aromatic heterocycles. The lowest BCUT2D eigenvalue weighted by Gasteiger charge is -2.34.